The molecular weight excluding hydrogens is 336 g/mol. The van der Waals surface area contributed by atoms with Gasteiger partial charge in [0.05, 0.1) is 11.5 Å². The summed E-state index contributed by atoms with van der Waals surface area (Å²) in [5.74, 6) is -0.447. The zero-order chi connectivity index (χ0) is 20.0. The minimum Gasteiger partial charge on any atom is -0.399 e. The molecule has 3 rings (SSSR count). The molecule has 27 heavy (non-hydrogen) atoms. The third-order valence-corrected chi connectivity index (χ3v) is 5.49. The van der Waals surface area contributed by atoms with Gasteiger partial charge in [-0.25, -0.2) is 0 Å². The number of rotatable bonds is 2. The number of guanidine groups is 1. The maximum absolute atomic E-state index is 13.2. The van der Waals surface area contributed by atoms with Crippen molar-refractivity contribution in [3.8, 4) is 0 Å². The summed E-state index contributed by atoms with van der Waals surface area (Å²) in [5.41, 5.74) is 8.89. The van der Waals surface area contributed by atoms with Crippen LogP contribution in [0, 0.1) is 5.41 Å². The van der Waals surface area contributed by atoms with E-state index in [1.54, 1.807) is 7.05 Å². The Morgan fingerprint density at radius 1 is 1.07 bits per heavy atom. The zero-order valence-corrected chi connectivity index (χ0v) is 16.6. The first kappa shape index (κ1) is 19.0. The molecule has 2 aromatic rings. The van der Waals surface area contributed by atoms with Crippen LogP contribution in [0.5, 0.6) is 0 Å². The number of nitrogens with one attached hydrogen (secondary N) is 2. The van der Waals surface area contributed by atoms with Crippen LogP contribution in [-0.4, -0.2) is 23.8 Å². The fourth-order valence-corrected chi connectivity index (χ4v) is 3.67. The van der Waals surface area contributed by atoms with Crippen LogP contribution in [0.15, 0.2) is 48.5 Å². The van der Waals surface area contributed by atoms with E-state index in [-0.39, 0.29) is 17.3 Å². The van der Waals surface area contributed by atoms with E-state index in [2.05, 4.69) is 38.2 Å². The molecule has 142 valence electrons. The van der Waals surface area contributed by atoms with Crippen molar-refractivity contribution in [3.05, 3.63) is 65.2 Å². The lowest BCUT2D eigenvalue weighted by molar-refractivity contribution is -0.131. The third-order valence-electron chi connectivity index (χ3n) is 5.49. The van der Waals surface area contributed by atoms with E-state index in [1.807, 2.05) is 43.3 Å². The lowest BCUT2D eigenvalue weighted by atomic mass is 9.73. The normalized spacial score (nSPS) is 23.3. The quantitative estimate of drug-likeness (QED) is 0.713. The minimum absolute atomic E-state index is 0.0481. The minimum atomic E-state index is -0.738. The van der Waals surface area contributed by atoms with Gasteiger partial charge in [0, 0.05) is 12.7 Å². The highest BCUT2D eigenvalue weighted by molar-refractivity contribution is 6.02. The monoisotopic (exact) mass is 364 g/mol. The maximum atomic E-state index is 13.2. The Morgan fingerprint density at radius 2 is 1.63 bits per heavy atom. The SMILES string of the molecule is CN1C(=N)N[C@](C)(c2ccc(N)cc2)C(c2ccc(C(C)(C)C)cc2)C1=O. The average molecular weight is 364 g/mol. The van der Waals surface area contributed by atoms with E-state index in [9.17, 15) is 4.79 Å². The number of amides is 1. The molecule has 0 aromatic heterocycles. The van der Waals surface area contributed by atoms with Crippen LogP contribution < -0.4 is 11.1 Å². The van der Waals surface area contributed by atoms with Crippen molar-refractivity contribution in [2.75, 3.05) is 12.8 Å². The highest BCUT2D eigenvalue weighted by Crippen LogP contribution is 2.41. The Balaban J connectivity index is 2.11. The van der Waals surface area contributed by atoms with E-state index >= 15 is 0 Å². The molecule has 1 heterocycles. The fraction of sp³-hybridized carbons (Fsp3) is 0.364. The summed E-state index contributed by atoms with van der Waals surface area (Å²) in [7, 11) is 1.64. The second kappa shape index (κ2) is 6.41. The van der Waals surface area contributed by atoms with Gasteiger partial charge < -0.3 is 11.1 Å². The molecule has 0 bridgehead atoms. The first-order valence-corrected chi connectivity index (χ1v) is 9.15. The highest BCUT2D eigenvalue weighted by atomic mass is 16.2. The summed E-state index contributed by atoms with van der Waals surface area (Å²) >= 11 is 0. The van der Waals surface area contributed by atoms with Crippen LogP contribution in [0.1, 0.15) is 50.3 Å². The Labute approximate surface area is 161 Å². The smallest absolute Gasteiger partial charge is 0.239 e. The van der Waals surface area contributed by atoms with E-state index in [0.29, 0.717) is 5.69 Å². The number of hydrogen-bond acceptors (Lipinski definition) is 3. The lowest BCUT2D eigenvalue weighted by Gasteiger charge is -2.46. The maximum Gasteiger partial charge on any atom is 0.239 e. The Hall–Kier alpha value is -2.82. The number of benzene rings is 2. The molecule has 5 nitrogen and oxygen atoms in total. The van der Waals surface area contributed by atoms with Crippen molar-refractivity contribution in [2.45, 2.75) is 44.6 Å². The summed E-state index contributed by atoms with van der Waals surface area (Å²) in [6, 6.07) is 15.7. The predicted octanol–water partition coefficient (Wildman–Crippen LogP) is 3.56. The largest absolute Gasteiger partial charge is 0.399 e. The molecule has 1 aliphatic rings. The molecule has 2 atom stereocenters. The molecule has 2 aromatic carbocycles. The van der Waals surface area contributed by atoms with Crippen LogP contribution in [0.2, 0.25) is 0 Å². The molecule has 0 spiro atoms. The van der Waals surface area contributed by atoms with Gasteiger partial charge in [-0.3, -0.25) is 15.1 Å². The van der Waals surface area contributed by atoms with E-state index < -0.39 is 11.5 Å². The van der Waals surface area contributed by atoms with Crippen molar-refractivity contribution in [2.24, 2.45) is 0 Å². The van der Waals surface area contributed by atoms with Crippen molar-refractivity contribution >= 4 is 17.6 Å². The van der Waals surface area contributed by atoms with Gasteiger partial charge in [0.2, 0.25) is 5.91 Å². The first-order chi connectivity index (χ1) is 12.5. The summed E-state index contributed by atoms with van der Waals surface area (Å²) < 4.78 is 0. The summed E-state index contributed by atoms with van der Waals surface area (Å²) in [4.78, 5) is 14.6. The second-order valence-corrected chi connectivity index (χ2v) is 8.50. The van der Waals surface area contributed by atoms with E-state index in [4.69, 9.17) is 11.1 Å². The zero-order valence-electron chi connectivity index (χ0n) is 16.6. The summed E-state index contributed by atoms with van der Waals surface area (Å²) in [6.07, 6.45) is 0. The van der Waals surface area contributed by atoms with E-state index in [1.165, 1.54) is 10.5 Å². The number of nitrogen functional groups attached to an aromatic ring is 1. The van der Waals surface area contributed by atoms with Gasteiger partial charge in [-0.15, -0.1) is 0 Å². The molecule has 1 fully saturated rings. The van der Waals surface area contributed by atoms with Gasteiger partial charge in [0.15, 0.2) is 5.96 Å². The Morgan fingerprint density at radius 3 is 2.15 bits per heavy atom. The van der Waals surface area contributed by atoms with Crippen LogP contribution in [0.25, 0.3) is 0 Å². The van der Waals surface area contributed by atoms with Crippen molar-refractivity contribution in [1.29, 1.82) is 5.41 Å². The third kappa shape index (κ3) is 3.29. The lowest BCUT2D eigenvalue weighted by Crippen LogP contribution is -2.62. The molecule has 4 N–H and O–H groups in total. The van der Waals surface area contributed by atoms with Crippen molar-refractivity contribution in [1.82, 2.24) is 10.2 Å². The second-order valence-electron chi connectivity index (χ2n) is 8.50. The van der Waals surface area contributed by atoms with Gasteiger partial charge in [-0.1, -0.05) is 57.2 Å². The standard InChI is InChI=1S/C22H28N4O/c1-21(2,3)15-8-6-14(7-9-15)18-19(27)26(5)20(24)25-22(18,4)16-10-12-17(23)13-11-16/h6-13,18H,23H2,1-5H3,(H2,24,25)/t18?,22-/m1/s1. The number of carbonyl (C=O) groups excluding carboxylic acids is 1. The van der Waals surface area contributed by atoms with Crippen molar-refractivity contribution in [3.63, 3.8) is 0 Å². The molecule has 0 aliphatic carbocycles. The molecule has 1 saturated heterocycles. The fourth-order valence-electron chi connectivity index (χ4n) is 3.67. The molecule has 0 radical (unpaired) electrons. The number of nitrogens with zero attached hydrogens (tertiary/aromatic N) is 1. The van der Waals surface area contributed by atoms with Crippen molar-refractivity contribution < 1.29 is 4.79 Å². The molecule has 1 aliphatic heterocycles. The Kier molecular flexibility index (Phi) is 4.50. The molecule has 5 heteroatoms. The van der Waals surface area contributed by atoms with Gasteiger partial charge in [0.25, 0.3) is 0 Å². The van der Waals surface area contributed by atoms with Crippen LogP contribution in [0.4, 0.5) is 5.69 Å². The van der Waals surface area contributed by atoms with Gasteiger partial charge in [-0.2, -0.15) is 0 Å². The van der Waals surface area contributed by atoms with Gasteiger partial charge >= 0.3 is 0 Å². The predicted molar refractivity (Wildman–Crippen MR) is 110 cm³/mol. The summed E-state index contributed by atoms with van der Waals surface area (Å²) in [5, 5.41) is 11.5. The highest BCUT2D eigenvalue weighted by Gasteiger charge is 2.48. The topological polar surface area (TPSA) is 82.2 Å². The van der Waals surface area contributed by atoms with Gasteiger partial charge in [0.1, 0.15) is 0 Å². The number of nitrogens with two attached hydrogens (primary N) is 1. The number of anilines is 1. The van der Waals surface area contributed by atoms with Crippen LogP contribution in [0.3, 0.4) is 0 Å². The number of carbonyl (C=O) groups is 1. The molecule has 1 amide bonds. The Bertz CT molecular complexity index is 865. The summed E-state index contributed by atoms with van der Waals surface area (Å²) in [6.45, 7) is 8.48. The van der Waals surface area contributed by atoms with Crippen LogP contribution in [-0.2, 0) is 15.7 Å². The van der Waals surface area contributed by atoms with Gasteiger partial charge in [-0.05, 0) is 41.2 Å². The molecule has 0 saturated carbocycles. The first-order valence-electron chi connectivity index (χ1n) is 9.15. The van der Waals surface area contributed by atoms with Crippen LogP contribution >= 0.6 is 0 Å². The average Bonchev–Trinajstić information content (AvgIpc) is 2.60. The number of likely N-dealkylation sites (N-methyl/N-ethyl adjacent to an activating group) is 1. The molecular formula is C22H28N4O. The molecule has 1 unspecified atom stereocenters. The number of hydrogen-bond donors (Lipinski definition) is 3. The van der Waals surface area contributed by atoms with E-state index in [0.717, 1.165) is 11.1 Å².